The molecule has 3 aromatic rings. The van der Waals surface area contributed by atoms with Gasteiger partial charge in [-0.05, 0) is 62.1 Å². The van der Waals surface area contributed by atoms with Crippen molar-refractivity contribution < 1.29 is 38.2 Å². The third-order valence-electron chi connectivity index (χ3n) is 8.97. The Hall–Kier alpha value is -5.72. The van der Waals surface area contributed by atoms with Gasteiger partial charge in [0, 0.05) is 19.3 Å². The van der Waals surface area contributed by atoms with Gasteiger partial charge in [-0.15, -0.1) is 0 Å². The summed E-state index contributed by atoms with van der Waals surface area (Å²) in [6.07, 6.45) is 0.0515. The molecule has 0 radical (unpaired) electrons. The van der Waals surface area contributed by atoms with Crippen molar-refractivity contribution in [2.24, 2.45) is 11.8 Å². The van der Waals surface area contributed by atoms with E-state index in [-0.39, 0.29) is 43.9 Å². The van der Waals surface area contributed by atoms with Gasteiger partial charge in [0.1, 0.15) is 35.8 Å². The first-order chi connectivity index (χ1) is 27.4. The first-order valence-corrected chi connectivity index (χ1v) is 19.8. The van der Waals surface area contributed by atoms with Gasteiger partial charge in [0.25, 0.3) is 0 Å². The maximum atomic E-state index is 14.2. The molecule has 0 fully saturated rings. The molecule has 3 rings (SSSR count). The van der Waals surface area contributed by atoms with Gasteiger partial charge in [0.05, 0.1) is 7.11 Å². The molecule has 0 bridgehead atoms. The van der Waals surface area contributed by atoms with Crippen molar-refractivity contribution in [1.29, 1.82) is 0 Å². The molecule has 5 N–H and O–H groups in total. The van der Waals surface area contributed by atoms with Gasteiger partial charge in [0.2, 0.25) is 23.6 Å². The van der Waals surface area contributed by atoms with Crippen molar-refractivity contribution in [3.63, 3.8) is 0 Å². The molecule has 13 nitrogen and oxygen atoms in total. The van der Waals surface area contributed by atoms with Gasteiger partial charge in [-0.3, -0.25) is 19.2 Å². The minimum Gasteiger partial charge on any atom is -0.467 e. The largest absolute Gasteiger partial charge is 0.467 e. The Labute approximate surface area is 342 Å². The zero-order chi connectivity index (χ0) is 42.8. The molecule has 0 saturated carbocycles. The number of benzene rings is 3. The van der Waals surface area contributed by atoms with E-state index < -0.39 is 71.5 Å². The number of esters is 1. The normalized spacial score (nSPS) is 13.9. The molecule has 5 amide bonds. The molecule has 0 heterocycles. The van der Waals surface area contributed by atoms with Crippen molar-refractivity contribution in [3.8, 4) is 0 Å². The van der Waals surface area contributed by atoms with Crippen LogP contribution in [-0.2, 0) is 52.7 Å². The second-order valence-electron chi connectivity index (χ2n) is 16.3. The summed E-state index contributed by atoms with van der Waals surface area (Å²) in [5, 5.41) is 13.9. The van der Waals surface area contributed by atoms with Crippen molar-refractivity contribution in [1.82, 2.24) is 26.6 Å². The van der Waals surface area contributed by atoms with Crippen molar-refractivity contribution >= 4 is 35.7 Å². The minimum absolute atomic E-state index is 0.0346. The van der Waals surface area contributed by atoms with E-state index in [1.807, 2.05) is 119 Å². The standard InChI is InChI=1S/C45H61N5O8/c1-29(2)24-34(47-42(54)37(27-32-20-14-10-15-21-32)50-44(56)58-45(5,6)7)39(51)48-36(26-31-18-12-9-13-19-31)41(53)46-35(25-30(3)4)40(52)49-38(43(55)57-8)28-33-22-16-11-17-23-33/h9-23,29-30,34-38H,24-28H2,1-8H3,(H,46,53)(H,47,54)(H,48,51)(H,49,52)(H,50,56)/t34-,35-,36-,37-,38-/m0/s1. The highest BCUT2D eigenvalue weighted by Gasteiger charge is 2.34. The summed E-state index contributed by atoms with van der Waals surface area (Å²) in [6, 6.07) is 22.0. The Kier molecular flexibility index (Phi) is 18.4. The zero-order valence-electron chi connectivity index (χ0n) is 35.0. The molecule has 0 aromatic heterocycles. The summed E-state index contributed by atoms with van der Waals surface area (Å²) in [7, 11) is 1.24. The van der Waals surface area contributed by atoms with Crippen LogP contribution in [0.3, 0.4) is 0 Å². The van der Waals surface area contributed by atoms with E-state index in [1.165, 1.54) is 7.11 Å². The quantitative estimate of drug-likeness (QED) is 0.101. The molecule has 58 heavy (non-hydrogen) atoms. The fraction of sp³-hybridized carbons (Fsp3) is 0.467. The van der Waals surface area contributed by atoms with Crippen LogP contribution in [0.4, 0.5) is 4.79 Å². The number of amides is 5. The zero-order valence-corrected chi connectivity index (χ0v) is 35.0. The van der Waals surface area contributed by atoms with Crippen molar-refractivity contribution in [2.45, 2.75) is 116 Å². The molecule has 5 atom stereocenters. The van der Waals surface area contributed by atoms with Crippen LogP contribution in [0.1, 0.15) is 78.0 Å². The lowest BCUT2D eigenvalue weighted by atomic mass is 9.98. The highest BCUT2D eigenvalue weighted by atomic mass is 16.6. The van der Waals surface area contributed by atoms with Crippen LogP contribution in [-0.4, -0.2) is 78.6 Å². The second-order valence-corrected chi connectivity index (χ2v) is 16.3. The lowest BCUT2D eigenvalue weighted by Gasteiger charge is -2.28. The SMILES string of the molecule is COC(=O)[C@H](Cc1ccccc1)NC(=O)[C@H](CC(C)C)NC(=O)[C@H](Cc1ccccc1)NC(=O)[C@H](CC(C)C)NC(=O)[C@H](Cc1ccccc1)NC(=O)OC(C)(C)C. The summed E-state index contributed by atoms with van der Waals surface area (Å²) < 4.78 is 10.4. The third-order valence-corrected chi connectivity index (χ3v) is 8.97. The smallest absolute Gasteiger partial charge is 0.408 e. The number of hydrogen-bond donors (Lipinski definition) is 5. The van der Waals surface area contributed by atoms with E-state index in [0.717, 1.165) is 16.7 Å². The number of carbonyl (C=O) groups is 6. The summed E-state index contributed by atoms with van der Waals surface area (Å²) >= 11 is 0. The van der Waals surface area contributed by atoms with E-state index in [1.54, 1.807) is 20.8 Å². The molecule has 0 aliphatic heterocycles. The molecule has 0 saturated heterocycles. The maximum absolute atomic E-state index is 14.2. The second kappa shape index (κ2) is 22.9. The van der Waals surface area contributed by atoms with E-state index in [2.05, 4.69) is 26.6 Å². The first kappa shape index (κ1) is 46.7. The molecule has 314 valence electrons. The Morgan fingerprint density at radius 2 is 0.793 bits per heavy atom. The van der Waals surface area contributed by atoms with Crippen molar-refractivity contribution in [3.05, 3.63) is 108 Å². The molecule has 0 spiro atoms. The van der Waals surface area contributed by atoms with Gasteiger partial charge >= 0.3 is 12.1 Å². The number of rotatable bonds is 20. The van der Waals surface area contributed by atoms with Crippen LogP contribution in [0.25, 0.3) is 0 Å². The minimum atomic E-state index is -1.16. The summed E-state index contributed by atoms with van der Waals surface area (Å²) in [5.41, 5.74) is 1.52. The Balaban J connectivity index is 1.88. The topological polar surface area (TPSA) is 181 Å². The number of carbonyl (C=O) groups excluding carboxylic acids is 6. The highest BCUT2D eigenvalue weighted by molar-refractivity contribution is 5.96. The average Bonchev–Trinajstić information content (AvgIpc) is 3.16. The molecule has 0 aliphatic carbocycles. The monoisotopic (exact) mass is 799 g/mol. The fourth-order valence-electron chi connectivity index (χ4n) is 6.25. The number of hydrogen-bond acceptors (Lipinski definition) is 8. The van der Waals surface area contributed by atoms with Gasteiger partial charge in [-0.2, -0.15) is 0 Å². The van der Waals surface area contributed by atoms with Gasteiger partial charge in [-0.25, -0.2) is 9.59 Å². The third kappa shape index (κ3) is 16.8. The highest BCUT2D eigenvalue weighted by Crippen LogP contribution is 2.14. The molecule has 3 aromatic carbocycles. The first-order valence-electron chi connectivity index (χ1n) is 19.8. The lowest BCUT2D eigenvalue weighted by Crippen LogP contribution is -2.60. The Bertz CT molecular complexity index is 1780. The average molecular weight is 800 g/mol. The summed E-state index contributed by atoms with van der Waals surface area (Å²) in [4.78, 5) is 81.8. The van der Waals surface area contributed by atoms with E-state index >= 15 is 0 Å². The van der Waals surface area contributed by atoms with Crippen LogP contribution < -0.4 is 26.6 Å². The predicted octanol–water partition coefficient (Wildman–Crippen LogP) is 4.81. The lowest BCUT2D eigenvalue weighted by molar-refractivity contribution is -0.145. The van der Waals surface area contributed by atoms with E-state index in [4.69, 9.17) is 9.47 Å². The van der Waals surface area contributed by atoms with Crippen LogP contribution in [0, 0.1) is 11.8 Å². The predicted molar refractivity (Wildman–Crippen MR) is 222 cm³/mol. The van der Waals surface area contributed by atoms with Gasteiger partial charge in [-0.1, -0.05) is 119 Å². The van der Waals surface area contributed by atoms with E-state index in [9.17, 15) is 28.8 Å². The number of methoxy groups -OCH3 is 1. The molecule has 0 aliphatic rings. The molecule has 0 unspecified atom stereocenters. The van der Waals surface area contributed by atoms with Crippen LogP contribution in [0.15, 0.2) is 91.0 Å². The maximum Gasteiger partial charge on any atom is 0.408 e. The molecular formula is C45H61N5O8. The molecular weight excluding hydrogens is 739 g/mol. The molecule has 13 heteroatoms. The Morgan fingerprint density at radius 3 is 1.14 bits per heavy atom. The number of nitrogens with one attached hydrogen (secondary N) is 5. The van der Waals surface area contributed by atoms with Crippen molar-refractivity contribution in [2.75, 3.05) is 7.11 Å². The van der Waals surface area contributed by atoms with Gasteiger partial charge in [0.15, 0.2) is 0 Å². The van der Waals surface area contributed by atoms with Crippen LogP contribution >= 0.6 is 0 Å². The van der Waals surface area contributed by atoms with Crippen LogP contribution in [0.5, 0.6) is 0 Å². The van der Waals surface area contributed by atoms with Gasteiger partial charge < -0.3 is 36.1 Å². The summed E-state index contributed by atoms with van der Waals surface area (Å²) in [6.45, 7) is 12.7. The Morgan fingerprint density at radius 1 is 0.483 bits per heavy atom. The van der Waals surface area contributed by atoms with E-state index in [0.29, 0.717) is 0 Å². The number of alkyl carbamates (subject to hydrolysis) is 1. The summed E-state index contributed by atoms with van der Waals surface area (Å²) in [5.74, 6) is -3.15. The fourth-order valence-corrected chi connectivity index (χ4v) is 6.25. The number of ether oxygens (including phenoxy) is 2. The van der Waals surface area contributed by atoms with Crippen LogP contribution in [0.2, 0.25) is 0 Å².